The normalized spacial score (nSPS) is 10.6. The first-order chi connectivity index (χ1) is 11.5. The first-order valence-corrected chi connectivity index (χ1v) is 7.86. The average Bonchev–Trinajstić information content (AvgIpc) is 2.84. The van der Waals surface area contributed by atoms with Gasteiger partial charge in [0.25, 0.3) is 5.91 Å². The van der Waals surface area contributed by atoms with Gasteiger partial charge in [0.2, 0.25) is 0 Å². The minimum Gasteiger partial charge on any atom is -0.306 e. The molecule has 0 bridgehead atoms. The lowest BCUT2D eigenvalue weighted by Gasteiger charge is -2.07. The smallest absolute Gasteiger partial charge is 0.260 e. The summed E-state index contributed by atoms with van der Waals surface area (Å²) in [5, 5.41) is 7.36. The molecule has 0 unspecified atom stereocenters. The van der Waals surface area contributed by atoms with Gasteiger partial charge in [0, 0.05) is 11.9 Å². The van der Waals surface area contributed by atoms with Gasteiger partial charge in [-0.2, -0.15) is 5.10 Å². The maximum Gasteiger partial charge on any atom is 0.260 e. The van der Waals surface area contributed by atoms with E-state index < -0.39 is 0 Å². The third-order valence-corrected chi connectivity index (χ3v) is 3.94. The summed E-state index contributed by atoms with van der Waals surface area (Å²) in [6.45, 7) is 6.37. The molecule has 3 aromatic rings. The fraction of sp³-hybridized carbons (Fsp3) is 0.211. The number of carbonyl (C=O) groups excluding carboxylic acids is 1. The predicted molar refractivity (Wildman–Crippen MR) is 94.2 cm³/mol. The van der Waals surface area contributed by atoms with Gasteiger partial charge >= 0.3 is 0 Å². The molecule has 0 aliphatic rings. The molecule has 24 heavy (non-hydrogen) atoms. The third kappa shape index (κ3) is 3.35. The second-order valence-corrected chi connectivity index (χ2v) is 5.86. The summed E-state index contributed by atoms with van der Waals surface area (Å²) in [6.07, 6.45) is 1.73. The molecule has 0 radical (unpaired) electrons. The van der Waals surface area contributed by atoms with Crippen LogP contribution >= 0.6 is 0 Å². The molecule has 2 heterocycles. The molecule has 0 atom stereocenters. The van der Waals surface area contributed by atoms with Gasteiger partial charge in [0.05, 0.1) is 17.8 Å². The lowest BCUT2D eigenvalue weighted by Crippen LogP contribution is -2.15. The van der Waals surface area contributed by atoms with Crippen LogP contribution in [0.5, 0.6) is 0 Å². The second kappa shape index (κ2) is 6.66. The van der Waals surface area contributed by atoms with E-state index in [2.05, 4.69) is 15.4 Å². The van der Waals surface area contributed by atoms with Gasteiger partial charge in [-0.25, -0.2) is 4.98 Å². The van der Waals surface area contributed by atoms with Crippen LogP contribution in [-0.4, -0.2) is 20.7 Å². The van der Waals surface area contributed by atoms with Gasteiger partial charge in [-0.05, 0) is 38.0 Å². The Labute approximate surface area is 141 Å². The summed E-state index contributed by atoms with van der Waals surface area (Å²) >= 11 is 0. The van der Waals surface area contributed by atoms with Crippen molar-refractivity contribution in [2.75, 3.05) is 5.32 Å². The molecule has 0 aliphatic carbocycles. The van der Waals surface area contributed by atoms with Gasteiger partial charge in [-0.15, -0.1) is 0 Å². The number of nitrogens with zero attached hydrogens (tertiary/aromatic N) is 3. The maximum atomic E-state index is 12.6. The monoisotopic (exact) mass is 320 g/mol. The van der Waals surface area contributed by atoms with Crippen LogP contribution in [0.25, 0.3) is 0 Å². The predicted octanol–water partition coefficient (Wildman–Crippen LogP) is 3.50. The van der Waals surface area contributed by atoms with Gasteiger partial charge in [0.15, 0.2) is 0 Å². The van der Waals surface area contributed by atoms with Crippen LogP contribution in [0.1, 0.15) is 32.9 Å². The number of carbonyl (C=O) groups is 1. The zero-order chi connectivity index (χ0) is 17.1. The van der Waals surface area contributed by atoms with Crippen LogP contribution in [-0.2, 0) is 6.54 Å². The van der Waals surface area contributed by atoms with Crippen LogP contribution in [0.4, 0.5) is 5.82 Å². The molecule has 1 N–H and O–H groups in total. The molecule has 0 spiro atoms. The fourth-order valence-electron chi connectivity index (χ4n) is 2.66. The Morgan fingerprint density at radius 2 is 1.83 bits per heavy atom. The Morgan fingerprint density at radius 3 is 2.50 bits per heavy atom. The number of aromatic nitrogens is 3. The summed E-state index contributed by atoms with van der Waals surface area (Å²) in [4.78, 5) is 16.8. The number of hydrogen-bond donors (Lipinski definition) is 1. The third-order valence-electron chi connectivity index (χ3n) is 3.94. The van der Waals surface area contributed by atoms with Crippen molar-refractivity contribution in [3.8, 4) is 0 Å². The Morgan fingerprint density at radius 1 is 1.08 bits per heavy atom. The molecule has 5 nitrogen and oxygen atoms in total. The van der Waals surface area contributed by atoms with E-state index in [1.807, 2.05) is 61.9 Å². The van der Waals surface area contributed by atoms with Crippen molar-refractivity contribution in [2.24, 2.45) is 0 Å². The zero-order valence-corrected chi connectivity index (χ0v) is 14.1. The lowest BCUT2D eigenvalue weighted by molar-refractivity contribution is 0.102. The fourth-order valence-corrected chi connectivity index (χ4v) is 2.66. The largest absolute Gasteiger partial charge is 0.306 e. The van der Waals surface area contributed by atoms with Crippen LogP contribution in [0, 0.1) is 20.8 Å². The van der Waals surface area contributed by atoms with E-state index in [0.29, 0.717) is 23.6 Å². The van der Waals surface area contributed by atoms with Gasteiger partial charge < -0.3 is 5.32 Å². The van der Waals surface area contributed by atoms with E-state index in [4.69, 9.17) is 0 Å². The topological polar surface area (TPSA) is 59.8 Å². The highest BCUT2D eigenvalue weighted by molar-refractivity contribution is 6.05. The molecule has 0 aliphatic heterocycles. The molecular weight excluding hydrogens is 300 g/mol. The minimum absolute atomic E-state index is 0.180. The molecule has 0 saturated heterocycles. The van der Waals surface area contributed by atoms with Gasteiger partial charge in [-0.1, -0.05) is 36.4 Å². The quantitative estimate of drug-likeness (QED) is 0.800. The molecule has 0 saturated carbocycles. The molecule has 2 aromatic heterocycles. The van der Waals surface area contributed by atoms with Crippen molar-refractivity contribution >= 4 is 11.7 Å². The number of aryl methyl sites for hydroxylation is 2. The number of pyridine rings is 1. The van der Waals surface area contributed by atoms with Crippen molar-refractivity contribution in [3.63, 3.8) is 0 Å². The first kappa shape index (κ1) is 15.9. The minimum atomic E-state index is -0.180. The first-order valence-electron chi connectivity index (χ1n) is 7.86. The summed E-state index contributed by atoms with van der Waals surface area (Å²) in [6, 6.07) is 13.8. The summed E-state index contributed by atoms with van der Waals surface area (Å²) in [5.74, 6) is 0.362. The molecular formula is C19H20N4O. The van der Waals surface area contributed by atoms with E-state index in [0.717, 1.165) is 16.8 Å². The molecule has 3 rings (SSSR count). The van der Waals surface area contributed by atoms with Gasteiger partial charge in [0.1, 0.15) is 5.82 Å². The number of amides is 1. The van der Waals surface area contributed by atoms with Gasteiger partial charge in [-0.3, -0.25) is 9.48 Å². The highest BCUT2D eigenvalue weighted by Gasteiger charge is 2.19. The number of anilines is 1. The second-order valence-electron chi connectivity index (χ2n) is 5.86. The number of rotatable bonds is 4. The Hall–Kier alpha value is -2.95. The summed E-state index contributed by atoms with van der Waals surface area (Å²) < 4.78 is 1.86. The van der Waals surface area contributed by atoms with Crippen LogP contribution in [0.15, 0.2) is 48.7 Å². The van der Waals surface area contributed by atoms with Crippen molar-refractivity contribution in [1.29, 1.82) is 0 Å². The maximum absolute atomic E-state index is 12.6. The average molecular weight is 320 g/mol. The van der Waals surface area contributed by atoms with E-state index in [1.165, 1.54) is 0 Å². The number of nitrogens with one attached hydrogen (secondary N) is 1. The van der Waals surface area contributed by atoms with E-state index in [-0.39, 0.29) is 5.91 Å². The van der Waals surface area contributed by atoms with Crippen LogP contribution < -0.4 is 5.32 Å². The molecule has 0 fully saturated rings. The Balaban J connectivity index is 1.83. The van der Waals surface area contributed by atoms with Crippen molar-refractivity contribution in [2.45, 2.75) is 27.3 Å². The summed E-state index contributed by atoms with van der Waals surface area (Å²) in [5.41, 5.74) is 4.37. The standard InChI is InChI=1S/C19H20N4O/c1-13-9-10-17(20-11-13)21-19(24)18-14(2)22-23(15(18)3)12-16-7-5-4-6-8-16/h4-11H,12H2,1-3H3,(H,20,21,24). The lowest BCUT2D eigenvalue weighted by atomic mass is 10.1. The van der Waals surface area contributed by atoms with Crippen LogP contribution in [0.3, 0.4) is 0 Å². The van der Waals surface area contributed by atoms with E-state index >= 15 is 0 Å². The number of benzene rings is 1. The molecule has 1 amide bonds. The SMILES string of the molecule is Cc1ccc(NC(=O)c2c(C)nn(Cc3ccccc3)c2C)nc1. The molecule has 1 aromatic carbocycles. The zero-order valence-electron chi connectivity index (χ0n) is 14.1. The Kier molecular flexibility index (Phi) is 4.42. The molecule has 5 heteroatoms. The highest BCUT2D eigenvalue weighted by atomic mass is 16.1. The van der Waals surface area contributed by atoms with E-state index in [9.17, 15) is 4.79 Å². The highest BCUT2D eigenvalue weighted by Crippen LogP contribution is 2.16. The van der Waals surface area contributed by atoms with Crippen molar-refractivity contribution in [1.82, 2.24) is 14.8 Å². The van der Waals surface area contributed by atoms with Crippen LogP contribution in [0.2, 0.25) is 0 Å². The van der Waals surface area contributed by atoms with Crippen molar-refractivity contribution < 1.29 is 4.79 Å². The summed E-state index contributed by atoms with van der Waals surface area (Å²) in [7, 11) is 0. The van der Waals surface area contributed by atoms with E-state index in [1.54, 1.807) is 12.3 Å². The van der Waals surface area contributed by atoms with Crippen molar-refractivity contribution in [3.05, 3.63) is 76.7 Å². The number of hydrogen-bond acceptors (Lipinski definition) is 3. The Bertz CT molecular complexity index is 851. The molecule has 122 valence electrons.